The van der Waals surface area contributed by atoms with Gasteiger partial charge in [-0.1, -0.05) is 23.2 Å². The number of amides is 1. The molecule has 1 atom stereocenters. The molecule has 0 bridgehead atoms. The van der Waals surface area contributed by atoms with Gasteiger partial charge in [0.25, 0.3) is 11.8 Å². The van der Waals surface area contributed by atoms with Gasteiger partial charge in [0.05, 0.1) is 21.7 Å². The molecule has 13 heteroatoms. The van der Waals surface area contributed by atoms with Crippen LogP contribution in [0.4, 0.5) is 26.3 Å². The van der Waals surface area contributed by atoms with E-state index in [9.17, 15) is 31.1 Å². The van der Waals surface area contributed by atoms with Crippen LogP contribution in [0.1, 0.15) is 40.6 Å². The fourth-order valence-electron chi connectivity index (χ4n) is 3.29. The van der Waals surface area contributed by atoms with Crippen LogP contribution in [-0.4, -0.2) is 46.3 Å². The highest BCUT2D eigenvalue weighted by Crippen LogP contribution is 2.33. The van der Waals surface area contributed by atoms with E-state index in [1.165, 1.54) is 0 Å². The molecule has 1 aromatic heterocycles. The summed E-state index contributed by atoms with van der Waals surface area (Å²) >= 11 is 11.8. The lowest BCUT2D eigenvalue weighted by Crippen LogP contribution is -2.45. The van der Waals surface area contributed by atoms with E-state index in [1.54, 1.807) is 4.90 Å². The molecule has 1 saturated heterocycles. The lowest BCUT2D eigenvalue weighted by Gasteiger charge is -2.37. The average Bonchev–Trinajstić information content (AvgIpc) is 2.72. The third-order valence-corrected chi connectivity index (χ3v) is 5.69. The first kappa shape index (κ1) is 24.5. The van der Waals surface area contributed by atoms with Gasteiger partial charge >= 0.3 is 6.18 Å². The van der Waals surface area contributed by atoms with Crippen molar-refractivity contribution in [1.29, 1.82) is 0 Å². The van der Waals surface area contributed by atoms with Crippen LogP contribution >= 0.6 is 23.2 Å². The molecule has 0 radical (unpaired) electrons. The summed E-state index contributed by atoms with van der Waals surface area (Å²) in [6.07, 6.45) is -3.80. The number of hydrogen-bond donors (Lipinski definition) is 1. The van der Waals surface area contributed by atoms with E-state index in [2.05, 4.69) is 15.3 Å². The Morgan fingerprint density at radius 3 is 2.31 bits per heavy atom. The van der Waals surface area contributed by atoms with E-state index < -0.39 is 53.6 Å². The molecule has 1 unspecified atom stereocenters. The van der Waals surface area contributed by atoms with Gasteiger partial charge in [-0.25, -0.2) is 23.1 Å². The molecule has 3 rings (SSSR count). The predicted molar refractivity (Wildman–Crippen MR) is 104 cm³/mol. The maximum absolute atomic E-state index is 13.7. The van der Waals surface area contributed by atoms with Crippen molar-refractivity contribution in [2.24, 2.45) is 0 Å². The van der Waals surface area contributed by atoms with Crippen LogP contribution in [0, 0.1) is 5.82 Å². The molecule has 2 aromatic rings. The Morgan fingerprint density at radius 1 is 1.16 bits per heavy atom. The summed E-state index contributed by atoms with van der Waals surface area (Å²) in [5, 5.41) is 1.88. The quantitative estimate of drug-likeness (QED) is 0.456. The second kappa shape index (κ2) is 9.40. The van der Waals surface area contributed by atoms with Crippen LogP contribution in [0.15, 0.2) is 24.5 Å². The van der Waals surface area contributed by atoms with Crippen LogP contribution in [0.25, 0.3) is 0 Å². The number of halogens is 8. The molecule has 1 fully saturated rings. The van der Waals surface area contributed by atoms with Gasteiger partial charge in [-0.2, -0.15) is 13.2 Å². The van der Waals surface area contributed by atoms with Gasteiger partial charge in [-0.05, 0) is 12.1 Å². The molecule has 1 N–H and O–H groups in total. The molecule has 5 nitrogen and oxygen atoms in total. The summed E-state index contributed by atoms with van der Waals surface area (Å²) in [6.45, 7) is -0.367. The van der Waals surface area contributed by atoms with Crippen molar-refractivity contribution in [2.45, 2.75) is 31.0 Å². The zero-order valence-corrected chi connectivity index (χ0v) is 17.7. The molecule has 1 aromatic carbocycles. The van der Waals surface area contributed by atoms with E-state index in [0.717, 1.165) is 24.5 Å². The van der Waals surface area contributed by atoms with Gasteiger partial charge in [-0.3, -0.25) is 9.69 Å². The van der Waals surface area contributed by atoms with Gasteiger partial charge in [-0.15, -0.1) is 0 Å². The maximum atomic E-state index is 13.7. The molecule has 1 amide bonds. The van der Waals surface area contributed by atoms with Gasteiger partial charge in [0, 0.05) is 50.4 Å². The van der Waals surface area contributed by atoms with Crippen LogP contribution in [0.2, 0.25) is 10.0 Å². The lowest BCUT2D eigenvalue weighted by atomic mass is 10.0. The molecule has 0 aliphatic carbocycles. The molecular weight excluding hydrogens is 485 g/mol. The number of nitrogens with one attached hydrogen (secondary N) is 1. The molecule has 1 aliphatic rings. The number of alkyl halides is 5. The second-order valence-electron chi connectivity index (χ2n) is 7.17. The van der Waals surface area contributed by atoms with Gasteiger partial charge in [0.1, 0.15) is 5.82 Å². The topological polar surface area (TPSA) is 58.1 Å². The molecule has 32 heavy (non-hydrogen) atoms. The van der Waals surface area contributed by atoms with Crippen LogP contribution in [0.5, 0.6) is 0 Å². The Hall–Kier alpha value is -2.11. The summed E-state index contributed by atoms with van der Waals surface area (Å²) in [7, 11) is 0. The Morgan fingerprint density at radius 2 is 1.75 bits per heavy atom. The van der Waals surface area contributed by atoms with Crippen LogP contribution in [0.3, 0.4) is 0 Å². The highest BCUT2D eigenvalue weighted by atomic mass is 35.5. The molecule has 2 heterocycles. The smallest absolute Gasteiger partial charge is 0.350 e. The Bertz CT molecular complexity index is 977. The number of benzene rings is 1. The van der Waals surface area contributed by atoms with Crippen LogP contribution < -0.4 is 5.32 Å². The molecule has 1 aliphatic heterocycles. The van der Waals surface area contributed by atoms with Crippen molar-refractivity contribution in [3.8, 4) is 0 Å². The highest BCUT2D eigenvalue weighted by molar-refractivity contribution is 6.39. The summed E-state index contributed by atoms with van der Waals surface area (Å²) in [6, 6.07) is 1.31. The predicted octanol–water partition coefficient (Wildman–Crippen LogP) is 5.14. The van der Waals surface area contributed by atoms with E-state index in [-0.39, 0.29) is 35.8 Å². The molecule has 0 spiro atoms. The number of carbonyl (C=O) groups is 1. The van der Waals surface area contributed by atoms with Crippen LogP contribution in [-0.2, 0) is 6.18 Å². The van der Waals surface area contributed by atoms with Crippen molar-refractivity contribution in [3.05, 3.63) is 57.3 Å². The third kappa shape index (κ3) is 5.62. The highest BCUT2D eigenvalue weighted by Gasteiger charge is 2.38. The van der Waals surface area contributed by atoms with E-state index in [0.29, 0.717) is 0 Å². The third-order valence-electron chi connectivity index (χ3n) is 5.01. The largest absolute Gasteiger partial charge is 0.451 e. The van der Waals surface area contributed by atoms with E-state index in [4.69, 9.17) is 23.2 Å². The van der Waals surface area contributed by atoms with E-state index >= 15 is 0 Å². The van der Waals surface area contributed by atoms with Gasteiger partial charge in [0.2, 0.25) is 5.82 Å². The zero-order valence-electron chi connectivity index (χ0n) is 16.2. The summed E-state index contributed by atoms with van der Waals surface area (Å²) in [4.78, 5) is 20.8. The minimum absolute atomic E-state index is 0.0734. The second-order valence-corrected chi connectivity index (χ2v) is 7.96. The molecular formula is C19H16Cl2F6N4O. The zero-order chi connectivity index (χ0) is 23.7. The lowest BCUT2D eigenvalue weighted by molar-refractivity contribution is -0.145. The summed E-state index contributed by atoms with van der Waals surface area (Å²) < 4.78 is 79.2. The monoisotopic (exact) mass is 500 g/mol. The summed E-state index contributed by atoms with van der Waals surface area (Å²) in [5.41, 5.74) is -0.138. The average molecular weight is 501 g/mol. The summed E-state index contributed by atoms with van der Waals surface area (Å²) in [5.74, 6) is -5.91. The minimum Gasteiger partial charge on any atom is -0.350 e. The number of likely N-dealkylation sites (tertiary alicyclic amines) is 1. The number of piperidine rings is 1. The first-order chi connectivity index (χ1) is 14.9. The number of aromatic nitrogens is 2. The van der Waals surface area contributed by atoms with Crippen molar-refractivity contribution in [3.63, 3.8) is 0 Å². The van der Waals surface area contributed by atoms with Crippen molar-refractivity contribution >= 4 is 29.1 Å². The normalized spacial score (nSPS) is 17.8. The Labute approximate surface area is 188 Å². The standard InChI is InChI=1S/C19H16Cl2F6N4O/c20-11-1-2-12(22)15(21)14(11)16(32)28-9-13(31-5-3-18(23,24)4-6-31)10-7-29-17(30-8-10)19(25,26)27/h1-2,7-8,13H,3-6,9H2,(H,28,32). The SMILES string of the molecule is O=C(NCC(c1cnc(C(F)(F)F)nc1)N1CCC(F)(F)CC1)c1c(Cl)ccc(F)c1Cl. The number of carbonyl (C=O) groups excluding carboxylic acids is 1. The number of nitrogens with zero attached hydrogens (tertiary/aromatic N) is 3. The molecule has 174 valence electrons. The Kier molecular flexibility index (Phi) is 7.21. The molecule has 0 saturated carbocycles. The minimum atomic E-state index is -4.75. The van der Waals surface area contributed by atoms with Crippen molar-refractivity contribution < 1.29 is 31.1 Å². The number of hydrogen-bond acceptors (Lipinski definition) is 4. The fourth-order valence-corrected chi connectivity index (χ4v) is 3.83. The van der Waals surface area contributed by atoms with E-state index in [1.807, 2.05) is 0 Å². The fraction of sp³-hybridized carbons (Fsp3) is 0.421. The van der Waals surface area contributed by atoms with Gasteiger partial charge in [0.15, 0.2) is 0 Å². The van der Waals surface area contributed by atoms with Gasteiger partial charge < -0.3 is 5.32 Å². The number of rotatable bonds is 5. The Balaban J connectivity index is 1.83. The first-order valence-corrected chi connectivity index (χ1v) is 10.1. The van der Waals surface area contributed by atoms with Crippen molar-refractivity contribution in [2.75, 3.05) is 19.6 Å². The van der Waals surface area contributed by atoms with Crippen molar-refractivity contribution in [1.82, 2.24) is 20.2 Å². The maximum Gasteiger partial charge on any atom is 0.451 e. The first-order valence-electron chi connectivity index (χ1n) is 9.32.